The van der Waals surface area contributed by atoms with Crippen molar-refractivity contribution in [2.75, 3.05) is 18.0 Å². The highest BCUT2D eigenvalue weighted by Crippen LogP contribution is 2.24. The summed E-state index contributed by atoms with van der Waals surface area (Å²) in [6, 6.07) is 3.56. The molecule has 1 aliphatic heterocycles. The van der Waals surface area contributed by atoms with E-state index in [4.69, 9.17) is 16.7 Å². The molecule has 0 aromatic carbocycles. The lowest BCUT2D eigenvalue weighted by atomic mass is 9.96. The Morgan fingerprint density at radius 1 is 1.53 bits per heavy atom. The molecule has 1 aromatic rings. The van der Waals surface area contributed by atoms with Gasteiger partial charge in [0.1, 0.15) is 5.82 Å². The van der Waals surface area contributed by atoms with Crippen LogP contribution in [0.4, 0.5) is 5.82 Å². The first-order valence-corrected chi connectivity index (χ1v) is 6.19. The highest BCUT2D eigenvalue weighted by molar-refractivity contribution is 6.31. The number of hydrogen-bond donors (Lipinski definition) is 2. The van der Waals surface area contributed by atoms with Gasteiger partial charge in [0.05, 0.1) is 23.4 Å². The highest BCUT2D eigenvalue weighted by Gasteiger charge is 2.25. The second-order valence-electron chi connectivity index (χ2n) is 4.54. The van der Waals surface area contributed by atoms with Crippen molar-refractivity contribution >= 4 is 17.4 Å². The van der Waals surface area contributed by atoms with E-state index in [1.54, 1.807) is 6.07 Å². The number of β-amino-alcohol motifs (C(OH)–C–C–N with tert-alkyl or cyclic N) is 1. The third-order valence-corrected chi connectivity index (χ3v) is 3.64. The predicted molar refractivity (Wildman–Crippen MR) is 67.2 cm³/mol. The van der Waals surface area contributed by atoms with Crippen molar-refractivity contribution in [1.29, 1.82) is 0 Å². The minimum absolute atomic E-state index is 0.167. The number of nitrogens with zero attached hydrogens (tertiary/aromatic N) is 2. The molecule has 2 N–H and O–H groups in total. The second-order valence-corrected chi connectivity index (χ2v) is 4.94. The van der Waals surface area contributed by atoms with Gasteiger partial charge in [-0.1, -0.05) is 18.5 Å². The lowest BCUT2D eigenvalue weighted by Crippen LogP contribution is -2.43. The molecule has 1 fully saturated rings. The quantitative estimate of drug-likeness (QED) is 0.841. The largest absolute Gasteiger partial charge is 0.391 e. The van der Waals surface area contributed by atoms with Gasteiger partial charge in [-0.05, 0) is 24.5 Å². The van der Waals surface area contributed by atoms with E-state index in [1.165, 1.54) is 0 Å². The average molecular weight is 257 g/mol. The summed E-state index contributed by atoms with van der Waals surface area (Å²) in [7, 11) is 0. The van der Waals surface area contributed by atoms with E-state index in [2.05, 4.69) is 11.9 Å². The molecule has 0 saturated carbocycles. The molecule has 1 aliphatic rings. The summed E-state index contributed by atoms with van der Waals surface area (Å²) >= 11 is 5.90. The van der Waals surface area contributed by atoms with Crippen molar-refractivity contribution in [2.45, 2.75) is 26.1 Å². The van der Waals surface area contributed by atoms with Crippen molar-refractivity contribution < 1.29 is 10.2 Å². The van der Waals surface area contributed by atoms with Crippen LogP contribution in [0.2, 0.25) is 5.02 Å². The van der Waals surface area contributed by atoms with Gasteiger partial charge >= 0.3 is 0 Å². The summed E-state index contributed by atoms with van der Waals surface area (Å²) in [5.41, 5.74) is 0.484. The van der Waals surface area contributed by atoms with E-state index in [9.17, 15) is 5.11 Å². The fourth-order valence-electron chi connectivity index (χ4n) is 2.02. The van der Waals surface area contributed by atoms with Crippen LogP contribution >= 0.6 is 11.6 Å². The molecule has 1 saturated heterocycles. The zero-order chi connectivity index (χ0) is 12.4. The third-order valence-electron chi connectivity index (χ3n) is 3.30. The van der Waals surface area contributed by atoms with E-state index in [1.807, 2.05) is 11.0 Å². The fourth-order valence-corrected chi connectivity index (χ4v) is 2.18. The number of anilines is 1. The molecule has 0 spiro atoms. The van der Waals surface area contributed by atoms with Crippen LogP contribution in [0.15, 0.2) is 12.1 Å². The molecule has 4 nitrogen and oxygen atoms in total. The Morgan fingerprint density at radius 2 is 2.29 bits per heavy atom. The van der Waals surface area contributed by atoms with Gasteiger partial charge in [0.2, 0.25) is 0 Å². The van der Waals surface area contributed by atoms with E-state index >= 15 is 0 Å². The molecule has 2 heterocycles. The van der Waals surface area contributed by atoms with Gasteiger partial charge in [0.25, 0.3) is 0 Å². The minimum Gasteiger partial charge on any atom is -0.391 e. The summed E-state index contributed by atoms with van der Waals surface area (Å²) in [4.78, 5) is 6.33. The zero-order valence-electron chi connectivity index (χ0n) is 9.80. The summed E-state index contributed by atoms with van der Waals surface area (Å²) in [5, 5.41) is 19.4. The molecule has 2 rings (SSSR count). The van der Waals surface area contributed by atoms with E-state index < -0.39 is 0 Å². The summed E-state index contributed by atoms with van der Waals surface area (Å²) < 4.78 is 0. The van der Waals surface area contributed by atoms with Crippen LogP contribution in [0.5, 0.6) is 0 Å². The topological polar surface area (TPSA) is 56.6 Å². The Bertz CT molecular complexity index is 400. The average Bonchev–Trinajstić information content (AvgIpc) is 2.33. The van der Waals surface area contributed by atoms with Crippen molar-refractivity contribution in [1.82, 2.24) is 4.98 Å². The van der Waals surface area contributed by atoms with Gasteiger partial charge < -0.3 is 15.1 Å². The van der Waals surface area contributed by atoms with E-state index in [0.29, 0.717) is 23.2 Å². The SMILES string of the molecule is CC1CCN(c2ccc(Cl)c(CO)n2)CC1O. The van der Waals surface area contributed by atoms with Gasteiger partial charge in [-0.15, -0.1) is 0 Å². The van der Waals surface area contributed by atoms with Crippen LogP contribution in [0.3, 0.4) is 0 Å². The molecule has 0 radical (unpaired) electrons. The number of aliphatic hydroxyl groups excluding tert-OH is 2. The fraction of sp³-hybridized carbons (Fsp3) is 0.583. The molecule has 17 heavy (non-hydrogen) atoms. The van der Waals surface area contributed by atoms with Crippen molar-refractivity contribution in [3.05, 3.63) is 22.8 Å². The summed E-state index contributed by atoms with van der Waals surface area (Å²) in [6.07, 6.45) is 0.624. The first-order chi connectivity index (χ1) is 8.11. The molecule has 94 valence electrons. The molecule has 2 atom stereocenters. The van der Waals surface area contributed by atoms with Gasteiger partial charge in [-0.3, -0.25) is 0 Å². The van der Waals surface area contributed by atoms with Crippen LogP contribution in [0, 0.1) is 5.92 Å². The van der Waals surface area contributed by atoms with Crippen LogP contribution in [0.1, 0.15) is 19.0 Å². The Labute approximate surface area is 106 Å². The molecule has 5 heteroatoms. The monoisotopic (exact) mass is 256 g/mol. The maximum Gasteiger partial charge on any atom is 0.129 e. The smallest absolute Gasteiger partial charge is 0.129 e. The van der Waals surface area contributed by atoms with E-state index in [-0.39, 0.29) is 12.7 Å². The summed E-state index contributed by atoms with van der Waals surface area (Å²) in [6.45, 7) is 3.34. The maximum absolute atomic E-state index is 9.85. The molecular weight excluding hydrogens is 240 g/mol. The molecule has 1 aromatic heterocycles. The van der Waals surface area contributed by atoms with Gasteiger partial charge in [0, 0.05) is 13.1 Å². The Kier molecular flexibility index (Phi) is 3.86. The van der Waals surface area contributed by atoms with Gasteiger partial charge in [0.15, 0.2) is 0 Å². The number of rotatable bonds is 2. The van der Waals surface area contributed by atoms with Crippen LogP contribution in [-0.2, 0) is 6.61 Å². The first kappa shape index (κ1) is 12.6. The maximum atomic E-state index is 9.85. The normalized spacial score (nSPS) is 25.1. The molecular formula is C12H17ClN2O2. The Morgan fingerprint density at radius 3 is 2.94 bits per heavy atom. The highest BCUT2D eigenvalue weighted by atomic mass is 35.5. The lowest BCUT2D eigenvalue weighted by Gasteiger charge is -2.35. The molecule has 0 bridgehead atoms. The Hall–Kier alpha value is -0.840. The summed E-state index contributed by atoms with van der Waals surface area (Å²) in [5.74, 6) is 1.10. The first-order valence-electron chi connectivity index (χ1n) is 5.81. The number of aliphatic hydroxyl groups is 2. The lowest BCUT2D eigenvalue weighted by molar-refractivity contribution is 0.102. The Balaban J connectivity index is 2.17. The number of pyridine rings is 1. The molecule has 0 aliphatic carbocycles. The number of halogens is 1. The number of piperidine rings is 1. The standard InChI is InChI=1S/C12H17ClN2O2/c1-8-4-5-15(6-11(8)17)12-3-2-9(13)10(7-16)14-12/h2-3,8,11,16-17H,4-7H2,1H3. The van der Waals surface area contributed by atoms with Crippen molar-refractivity contribution in [3.63, 3.8) is 0 Å². The van der Waals surface area contributed by atoms with E-state index in [0.717, 1.165) is 18.8 Å². The van der Waals surface area contributed by atoms with Gasteiger partial charge in [-0.2, -0.15) is 0 Å². The third kappa shape index (κ3) is 2.70. The van der Waals surface area contributed by atoms with Crippen LogP contribution in [-0.4, -0.2) is 34.4 Å². The van der Waals surface area contributed by atoms with Crippen LogP contribution < -0.4 is 4.90 Å². The number of hydrogen-bond acceptors (Lipinski definition) is 4. The second kappa shape index (κ2) is 5.21. The minimum atomic E-state index is -0.321. The van der Waals surface area contributed by atoms with Crippen molar-refractivity contribution in [2.24, 2.45) is 5.92 Å². The molecule has 0 amide bonds. The predicted octanol–water partition coefficient (Wildman–Crippen LogP) is 1.43. The van der Waals surface area contributed by atoms with Crippen LogP contribution in [0.25, 0.3) is 0 Å². The molecule has 2 unspecified atom stereocenters. The zero-order valence-corrected chi connectivity index (χ0v) is 10.6. The number of aromatic nitrogens is 1. The van der Waals surface area contributed by atoms with Crippen molar-refractivity contribution in [3.8, 4) is 0 Å². The van der Waals surface area contributed by atoms with Gasteiger partial charge in [-0.25, -0.2) is 4.98 Å².